The number of phenols is 2. The minimum absolute atomic E-state index is 0.0668. The molecule has 1 heterocycles. The zero-order valence-corrected chi connectivity index (χ0v) is 39.3. The molecule has 19 heteroatoms. The number of unbranched alkanes of at least 4 members (excludes halogenated alkanes) is 1. The van der Waals surface area contributed by atoms with Crippen molar-refractivity contribution in [1.29, 1.82) is 0 Å². The molecule has 8 atom stereocenters. The number of nitrogens with one attached hydrogen (secondary N) is 4. The van der Waals surface area contributed by atoms with Crippen LogP contribution in [0.25, 0.3) is 0 Å². The van der Waals surface area contributed by atoms with Crippen LogP contribution in [0.15, 0.2) is 72.8 Å². The Kier molecular flexibility index (Phi) is 16.0. The number of nitrogens with two attached hydrogens (primary N) is 1. The zero-order chi connectivity index (χ0) is 50.4. The number of alkyl carbamates (subject to hydrolysis) is 1. The highest BCUT2D eigenvalue weighted by molar-refractivity contribution is 6.31. The molecule has 0 saturated carbocycles. The molecule has 0 radical (unpaired) electrons. The lowest BCUT2D eigenvalue weighted by Gasteiger charge is -2.42. The maximum Gasteiger partial charge on any atom is 0.407 e. The zero-order valence-electron chi connectivity index (χ0n) is 39.3. The number of aromatic hydroxyl groups is 2. The molecular formula is C51H59N5O14. The number of Topliss-reactive ketones (excluding diaryl/α,β-unsaturated/α-hetero) is 1. The molecule has 0 spiro atoms. The van der Waals surface area contributed by atoms with E-state index >= 15 is 0 Å². The Labute approximate surface area is 404 Å². The summed E-state index contributed by atoms with van der Waals surface area (Å²) in [5, 5.41) is 57.6. The number of amides is 3. The normalized spacial score (nSPS) is 22.4. The van der Waals surface area contributed by atoms with Gasteiger partial charge in [0.15, 0.2) is 17.9 Å². The number of hydrogen-bond donors (Lipinski definition) is 9. The van der Waals surface area contributed by atoms with Crippen molar-refractivity contribution in [3.8, 4) is 17.2 Å². The van der Waals surface area contributed by atoms with Gasteiger partial charge in [0.1, 0.15) is 41.6 Å². The van der Waals surface area contributed by atoms with Crippen molar-refractivity contribution < 1.29 is 68.1 Å². The molecule has 0 aromatic heterocycles. The number of hydrogen-bond acceptors (Lipinski definition) is 16. The van der Waals surface area contributed by atoms with Gasteiger partial charge < -0.3 is 66.4 Å². The number of fused-ring (bicyclic) bond motifs is 3. The summed E-state index contributed by atoms with van der Waals surface area (Å²) in [6.45, 7) is 2.90. The number of benzene rings is 4. The highest BCUT2D eigenvalue weighted by atomic mass is 16.7. The van der Waals surface area contributed by atoms with E-state index in [1.54, 1.807) is 31.3 Å². The molecule has 2 aliphatic carbocycles. The number of anilines is 1. The van der Waals surface area contributed by atoms with E-state index in [2.05, 4.69) is 21.3 Å². The molecular weight excluding hydrogens is 907 g/mol. The Hall–Kier alpha value is -6.74. The number of methoxy groups -OCH3 is 1. The molecule has 4 aromatic rings. The van der Waals surface area contributed by atoms with E-state index in [1.165, 1.54) is 32.2 Å². The first-order valence-corrected chi connectivity index (χ1v) is 23.1. The lowest BCUT2D eigenvalue weighted by molar-refractivity contribution is -0.249. The summed E-state index contributed by atoms with van der Waals surface area (Å²) in [7, 11) is 3.00. The van der Waals surface area contributed by atoms with Gasteiger partial charge in [-0.25, -0.2) is 4.79 Å². The van der Waals surface area contributed by atoms with Gasteiger partial charge in [-0.2, -0.15) is 0 Å². The largest absolute Gasteiger partial charge is 0.507 e. The van der Waals surface area contributed by atoms with Crippen LogP contribution in [0.2, 0.25) is 0 Å². The van der Waals surface area contributed by atoms with Gasteiger partial charge in [0.25, 0.3) is 0 Å². The van der Waals surface area contributed by atoms with Gasteiger partial charge in [-0.05, 0) is 82.4 Å². The molecule has 4 aromatic carbocycles. The Balaban J connectivity index is 0.997. The van der Waals surface area contributed by atoms with Crippen LogP contribution >= 0.6 is 0 Å². The summed E-state index contributed by atoms with van der Waals surface area (Å²) in [6.07, 6.45) is -4.88. The highest BCUT2D eigenvalue weighted by Crippen LogP contribution is 2.52. The fourth-order valence-electron chi connectivity index (χ4n) is 9.23. The van der Waals surface area contributed by atoms with Crippen molar-refractivity contribution >= 4 is 40.9 Å². The van der Waals surface area contributed by atoms with Gasteiger partial charge in [-0.1, -0.05) is 54.6 Å². The van der Waals surface area contributed by atoms with Crippen LogP contribution in [-0.4, -0.2) is 119 Å². The SMILES string of the molecule is CNC(Cc1ccccc1)C(=O)NC(CCCCN)C(=O)Nc1ccc(COC(=O)N[C@@H]2C[C@@H](O[C@@H]3C[C@@](O)(C(C)=O)Cc4c(O)c5c(c(O)c43)C(=O)c3c(OC)cccc3C5=O)O[C@H](C)[C@@H]2O)cc1. The fraction of sp³-hybridized carbons (Fsp3) is 0.412. The number of ether oxygens (including phenoxy) is 4. The monoisotopic (exact) mass is 965 g/mol. The second-order valence-electron chi connectivity index (χ2n) is 17.9. The highest BCUT2D eigenvalue weighted by Gasteiger charge is 2.50. The van der Waals surface area contributed by atoms with Crippen LogP contribution in [0.4, 0.5) is 10.5 Å². The van der Waals surface area contributed by atoms with Crippen molar-refractivity contribution in [2.75, 3.05) is 26.0 Å². The molecule has 1 saturated heterocycles. The van der Waals surface area contributed by atoms with Crippen LogP contribution in [0.3, 0.4) is 0 Å². The average molecular weight is 966 g/mol. The summed E-state index contributed by atoms with van der Waals surface area (Å²) in [5.74, 6) is -4.36. The summed E-state index contributed by atoms with van der Waals surface area (Å²) in [4.78, 5) is 80.8. The third-order valence-electron chi connectivity index (χ3n) is 13.2. The minimum atomic E-state index is -2.15. The topological polar surface area (TPSA) is 294 Å². The average Bonchev–Trinajstić information content (AvgIpc) is 3.34. The van der Waals surface area contributed by atoms with Gasteiger partial charge >= 0.3 is 6.09 Å². The van der Waals surface area contributed by atoms with Crippen LogP contribution < -0.4 is 31.7 Å². The molecule has 3 amide bonds. The fourth-order valence-corrected chi connectivity index (χ4v) is 9.23. The number of aliphatic hydroxyl groups excluding tert-OH is 1. The molecule has 3 aliphatic rings. The Morgan fingerprint density at radius 3 is 2.27 bits per heavy atom. The summed E-state index contributed by atoms with van der Waals surface area (Å²) < 4.78 is 23.1. The van der Waals surface area contributed by atoms with Gasteiger partial charge in [-0.3, -0.25) is 24.0 Å². The number of carbonyl (C=O) groups is 6. The van der Waals surface area contributed by atoms with E-state index in [0.717, 1.165) is 12.5 Å². The molecule has 10 N–H and O–H groups in total. The van der Waals surface area contributed by atoms with Gasteiger partial charge in [0.05, 0.1) is 48.1 Å². The summed E-state index contributed by atoms with van der Waals surface area (Å²) in [5.41, 5.74) is 3.99. The molecule has 372 valence electrons. The van der Waals surface area contributed by atoms with Crippen LogP contribution in [0, 0.1) is 0 Å². The third-order valence-corrected chi connectivity index (χ3v) is 13.2. The second-order valence-corrected chi connectivity index (χ2v) is 17.9. The van der Waals surface area contributed by atoms with Crippen molar-refractivity contribution in [2.24, 2.45) is 5.73 Å². The van der Waals surface area contributed by atoms with Gasteiger partial charge in [0.2, 0.25) is 17.6 Å². The molecule has 1 aliphatic heterocycles. The molecule has 7 rings (SSSR count). The molecule has 19 nitrogen and oxygen atoms in total. The first-order chi connectivity index (χ1) is 33.5. The molecule has 70 heavy (non-hydrogen) atoms. The maximum atomic E-state index is 14.0. The van der Waals surface area contributed by atoms with E-state index < -0.39 is 113 Å². The van der Waals surface area contributed by atoms with E-state index in [0.29, 0.717) is 43.5 Å². The lowest BCUT2D eigenvalue weighted by atomic mass is 9.72. The van der Waals surface area contributed by atoms with Crippen LogP contribution in [0.1, 0.15) is 106 Å². The number of ketones is 3. The first-order valence-electron chi connectivity index (χ1n) is 23.1. The Morgan fingerprint density at radius 1 is 0.886 bits per heavy atom. The molecule has 1 fully saturated rings. The van der Waals surface area contributed by atoms with E-state index in [4.69, 9.17) is 24.7 Å². The smallest absolute Gasteiger partial charge is 0.407 e. The van der Waals surface area contributed by atoms with Gasteiger partial charge in [-0.15, -0.1) is 0 Å². The van der Waals surface area contributed by atoms with Crippen molar-refractivity contribution in [1.82, 2.24) is 16.0 Å². The molecule has 0 bridgehead atoms. The third kappa shape index (κ3) is 10.8. The quantitative estimate of drug-likeness (QED) is 0.0449. The van der Waals surface area contributed by atoms with Crippen molar-refractivity contribution in [3.05, 3.63) is 117 Å². The van der Waals surface area contributed by atoms with E-state index in [9.17, 15) is 49.2 Å². The van der Waals surface area contributed by atoms with Crippen molar-refractivity contribution in [2.45, 2.75) is 114 Å². The Morgan fingerprint density at radius 2 is 1.60 bits per heavy atom. The number of carbonyl (C=O) groups excluding carboxylic acids is 6. The summed E-state index contributed by atoms with van der Waals surface area (Å²) >= 11 is 0. The Bertz CT molecular complexity index is 2630. The maximum absolute atomic E-state index is 14.0. The minimum Gasteiger partial charge on any atom is -0.507 e. The first kappa shape index (κ1) is 51.1. The lowest BCUT2D eigenvalue weighted by Crippen LogP contribution is -2.55. The number of phenolic OH excluding ortho intramolecular Hbond substituents is 2. The van der Waals surface area contributed by atoms with E-state index in [1.807, 2.05) is 30.3 Å². The number of rotatable bonds is 18. The number of likely N-dealkylation sites (N-methyl/N-ethyl adjacent to an activating group) is 1. The van der Waals surface area contributed by atoms with Crippen molar-refractivity contribution in [3.63, 3.8) is 0 Å². The molecule has 2 unspecified atom stereocenters. The predicted molar refractivity (Wildman–Crippen MR) is 252 cm³/mol. The van der Waals surface area contributed by atoms with Gasteiger partial charge in [0, 0.05) is 41.6 Å². The van der Waals surface area contributed by atoms with Crippen LogP contribution in [-0.2, 0) is 48.0 Å². The van der Waals surface area contributed by atoms with Crippen LogP contribution in [0.5, 0.6) is 17.2 Å². The second kappa shape index (κ2) is 21.9. The number of aliphatic hydroxyl groups is 2. The summed E-state index contributed by atoms with van der Waals surface area (Å²) in [6, 6.07) is 18.0. The standard InChI is InChI=1S/C51H59N5O14/c1-26-43(58)34(56-50(65)68-25-29-16-18-30(19-17-29)54-48(63)33(14-8-9-20-52)55-49(64)35(53-3)21-28-11-6-5-7-12-28)22-38(69-26)70-37-24-51(66,27(2)57)23-32-40(37)47(62)42-41(45(32)60)44(59)31-13-10-15-36(67-4)39(31)46(42)61/h5-7,10-13,15-19,26,33-35,37-38,43,53,58,60,62,66H,8-9,14,20-25,52H2,1-4H3,(H,54,63)(H,55,64)(H,56,65)/t26-,33?,34-,35?,37-,38-,43+,51-/m1/s1. The predicted octanol–water partition coefficient (Wildman–Crippen LogP) is 3.38. The van der Waals surface area contributed by atoms with E-state index in [-0.39, 0.29) is 46.9 Å².